The summed E-state index contributed by atoms with van der Waals surface area (Å²) in [7, 11) is 4.33. The third-order valence-corrected chi connectivity index (χ3v) is 5.19. The number of nitrogens with zero attached hydrogens (tertiary/aromatic N) is 1. The number of benzene rings is 2. The maximum absolute atomic E-state index is 6.16. The number of likely N-dealkylation sites (N-methyl/N-ethyl adjacent to an activating group) is 1. The second-order valence-electron chi connectivity index (χ2n) is 5.99. The zero-order chi connectivity index (χ0) is 15.0. The van der Waals surface area contributed by atoms with Crippen LogP contribution in [0.3, 0.4) is 0 Å². The second-order valence-corrected chi connectivity index (χ2v) is 6.81. The fraction of sp³-hybridized carbons (Fsp3) is 0.333. The molecule has 0 saturated carbocycles. The molecule has 0 fully saturated rings. The highest BCUT2D eigenvalue weighted by Gasteiger charge is 2.33. The van der Waals surface area contributed by atoms with Gasteiger partial charge in [-0.2, -0.15) is 0 Å². The first-order valence-electron chi connectivity index (χ1n) is 7.24. The van der Waals surface area contributed by atoms with Crippen molar-refractivity contribution in [1.82, 2.24) is 4.90 Å². The molecule has 110 valence electrons. The van der Waals surface area contributed by atoms with Crippen molar-refractivity contribution in [2.24, 2.45) is 0 Å². The molecular formula is C18H19Cl2N. The van der Waals surface area contributed by atoms with E-state index >= 15 is 0 Å². The first-order valence-corrected chi connectivity index (χ1v) is 8.00. The molecule has 1 aliphatic rings. The topological polar surface area (TPSA) is 3.24 Å². The molecule has 2 aromatic carbocycles. The highest BCUT2D eigenvalue weighted by molar-refractivity contribution is 6.42. The Kier molecular flexibility index (Phi) is 4.26. The minimum Gasteiger partial charge on any atom is -0.305 e. The van der Waals surface area contributed by atoms with Gasteiger partial charge in [0.05, 0.1) is 10.0 Å². The van der Waals surface area contributed by atoms with Gasteiger partial charge in [-0.15, -0.1) is 0 Å². The summed E-state index contributed by atoms with van der Waals surface area (Å²) in [5.74, 6) is 0.508. The zero-order valence-corrected chi connectivity index (χ0v) is 13.8. The van der Waals surface area contributed by atoms with Gasteiger partial charge in [0, 0.05) is 12.0 Å². The lowest BCUT2D eigenvalue weighted by Gasteiger charge is -2.27. The van der Waals surface area contributed by atoms with E-state index < -0.39 is 0 Å². The summed E-state index contributed by atoms with van der Waals surface area (Å²) in [6, 6.07) is 15.3. The van der Waals surface area contributed by atoms with E-state index in [9.17, 15) is 0 Å². The average Bonchev–Trinajstić information content (AvgIpc) is 2.82. The Morgan fingerprint density at radius 2 is 1.81 bits per heavy atom. The van der Waals surface area contributed by atoms with Gasteiger partial charge in [-0.1, -0.05) is 53.5 Å². The summed E-state index contributed by atoms with van der Waals surface area (Å²) in [5.41, 5.74) is 4.20. The quantitative estimate of drug-likeness (QED) is 0.785. The Morgan fingerprint density at radius 3 is 2.52 bits per heavy atom. The number of rotatable bonds is 3. The normalized spacial score (nSPS) is 20.8. The predicted molar refractivity (Wildman–Crippen MR) is 90.5 cm³/mol. The zero-order valence-electron chi connectivity index (χ0n) is 12.3. The smallest absolute Gasteiger partial charge is 0.0595 e. The average molecular weight is 320 g/mol. The molecule has 0 heterocycles. The van der Waals surface area contributed by atoms with Gasteiger partial charge in [-0.05, 0) is 55.8 Å². The third kappa shape index (κ3) is 2.96. The summed E-state index contributed by atoms with van der Waals surface area (Å²) < 4.78 is 0. The minimum absolute atomic E-state index is 0.508. The van der Waals surface area contributed by atoms with E-state index in [0.717, 1.165) is 12.8 Å². The van der Waals surface area contributed by atoms with Crippen LogP contribution < -0.4 is 0 Å². The molecule has 1 aliphatic carbocycles. The van der Waals surface area contributed by atoms with Gasteiger partial charge in [0.15, 0.2) is 0 Å². The SMILES string of the molecule is CN(C)[C@H]1Cc2ccccc2[C@H]1Cc1ccc(Cl)c(Cl)c1. The monoisotopic (exact) mass is 319 g/mol. The lowest BCUT2D eigenvalue weighted by Crippen LogP contribution is -2.32. The maximum Gasteiger partial charge on any atom is 0.0595 e. The molecule has 2 atom stereocenters. The van der Waals surface area contributed by atoms with Crippen molar-refractivity contribution >= 4 is 23.2 Å². The van der Waals surface area contributed by atoms with Gasteiger partial charge in [0.2, 0.25) is 0 Å². The van der Waals surface area contributed by atoms with E-state index in [-0.39, 0.29) is 0 Å². The first-order chi connectivity index (χ1) is 10.1. The van der Waals surface area contributed by atoms with E-state index in [1.165, 1.54) is 16.7 Å². The Labute approximate surface area is 136 Å². The van der Waals surface area contributed by atoms with Gasteiger partial charge in [0.1, 0.15) is 0 Å². The van der Waals surface area contributed by atoms with Gasteiger partial charge >= 0.3 is 0 Å². The third-order valence-electron chi connectivity index (χ3n) is 4.45. The molecule has 0 radical (unpaired) electrons. The molecular weight excluding hydrogens is 301 g/mol. The predicted octanol–water partition coefficient (Wildman–Crippen LogP) is 4.81. The molecule has 0 unspecified atom stereocenters. The highest BCUT2D eigenvalue weighted by Crippen LogP contribution is 2.38. The van der Waals surface area contributed by atoms with Crippen LogP contribution in [-0.2, 0) is 12.8 Å². The highest BCUT2D eigenvalue weighted by atomic mass is 35.5. The number of halogens is 2. The van der Waals surface area contributed by atoms with Crippen molar-refractivity contribution in [2.45, 2.75) is 24.8 Å². The molecule has 1 nitrogen and oxygen atoms in total. The molecule has 3 rings (SSSR count). The fourth-order valence-electron chi connectivity index (χ4n) is 3.37. The summed E-state index contributed by atoms with van der Waals surface area (Å²) in [5, 5.41) is 1.26. The summed E-state index contributed by atoms with van der Waals surface area (Å²) >= 11 is 12.2. The van der Waals surface area contributed by atoms with Gasteiger partial charge in [0.25, 0.3) is 0 Å². The van der Waals surface area contributed by atoms with Crippen LogP contribution in [0.2, 0.25) is 10.0 Å². The van der Waals surface area contributed by atoms with E-state index in [4.69, 9.17) is 23.2 Å². The van der Waals surface area contributed by atoms with Crippen LogP contribution in [0.1, 0.15) is 22.6 Å². The van der Waals surface area contributed by atoms with Crippen LogP contribution in [0.15, 0.2) is 42.5 Å². The van der Waals surface area contributed by atoms with Crippen LogP contribution in [0, 0.1) is 0 Å². The lowest BCUT2D eigenvalue weighted by atomic mass is 9.90. The molecule has 2 aromatic rings. The summed E-state index contributed by atoms with van der Waals surface area (Å²) in [4.78, 5) is 2.34. The Morgan fingerprint density at radius 1 is 1.05 bits per heavy atom. The van der Waals surface area contributed by atoms with Crippen molar-refractivity contribution in [1.29, 1.82) is 0 Å². The van der Waals surface area contributed by atoms with E-state index in [1.54, 1.807) is 0 Å². The number of hydrogen-bond donors (Lipinski definition) is 0. The second kappa shape index (κ2) is 6.00. The van der Waals surface area contributed by atoms with Crippen LogP contribution in [-0.4, -0.2) is 25.0 Å². The lowest BCUT2D eigenvalue weighted by molar-refractivity contribution is 0.265. The molecule has 21 heavy (non-hydrogen) atoms. The van der Waals surface area contributed by atoms with E-state index in [1.807, 2.05) is 12.1 Å². The molecule has 0 amide bonds. The van der Waals surface area contributed by atoms with Gasteiger partial charge < -0.3 is 4.90 Å². The molecule has 0 N–H and O–H groups in total. The number of hydrogen-bond acceptors (Lipinski definition) is 1. The molecule has 0 spiro atoms. The number of fused-ring (bicyclic) bond motifs is 1. The standard InChI is InChI=1S/C18H19Cl2N/c1-21(2)18-11-13-5-3-4-6-14(13)15(18)9-12-7-8-16(19)17(20)10-12/h3-8,10,15,18H,9,11H2,1-2H3/t15-,18+/m1/s1. The van der Waals surface area contributed by atoms with Crippen LogP contribution in [0.4, 0.5) is 0 Å². The maximum atomic E-state index is 6.16. The van der Waals surface area contributed by atoms with E-state index in [2.05, 4.69) is 49.3 Å². The summed E-state index contributed by atoms with van der Waals surface area (Å²) in [6.45, 7) is 0. The Hall–Kier alpha value is -1.02. The van der Waals surface area contributed by atoms with Crippen LogP contribution in [0.25, 0.3) is 0 Å². The molecule has 3 heteroatoms. The van der Waals surface area contributed by atoms with Crippen LogP contribution in [0.5, 0.6) is 0 Å². The Bertz CT molecular complexity index is 651. The largest absolute Gasteiger partial charge is 0.305 e. The van der Waals surface area contributed by atoms with Gasteiger partial charge in [-0.3, -0.25) is 0 Å². The van der Waals surface area contributed by atoms with Crippen molar-refractivity contribution in [3.05, 3.63) is 69.2 Å². The molecule has 0 aromatic heterocycles. The Balaban J connectivity index is 1.92. The first kappa shape index (κ1) is 14.9. The fourth-order valence-corrected chi connectivity index (χ4v) is 3.69. The molecule has 0 bridgehead atoms. The summed E-state index contributed by atoms with van der Waals surface area (Å²) in [6.07, 6.45) is 2.12. The van der Waals surface area contributed by atoms with Crippen molar-refractivity contribution in [2.75, 3.05) is 14.1 Å². The van der Waals surface area contributed by atoms with Crippen molar-refractivity contribution < 1.29 is 0 Å². The van der Waals surface area contributed by atoms with Crippen LogP contribution >= 0.6 is 23.2 Å². The minimum atomic E-state index is 0.508. The van der Waals surface area contributed by atoms with Gasteiger partial charge in [-0.25, -0.2) is 0 Å². The van der Waals surface area contributed by atoms with Crippen molar-refractivity contribution in [3.63, 3.8) is 0 Å². The van der Waals surface area contributed by atoms with E-state index in [0.29, 0.717) is 22.0 Å². The van der Waals surface area contributed by atoms with Crippen molar-refractivity contribution in [3.8, 4) is 0 Å². The molecule has 0 saturated heterocycles. The molecule has 0 aliphatic heterocycles.